The summed E-state index contributed by atoms with van der Waals surface area (Å²) in [7, 11) is 0. The zero-order valence-electron chi connectivity index (χ0n) is 9.72. The molecule has 1 aromatic heterocycles. The lowest BCUT2D eigenvalue weighted by Crippen LogP contribution is -2.30. The predicted octanol–water partition coefficient (Wildman–Crippen LogP) is 2.41. The average molecular weight is 221 g/mol. The van der Waals surface area contributed by atoms with Crippen LogP contribution < -0.4 is 10.5 Å². The highest BCUT2D eigenvalue weighted by atomic mass is 16.5. The normalized spacial score (nSPS) is 25.3. The van der Waals surface area contributed by atoms with Crippen molar-refractivity contribution in [2.24, 2.45) is 5.92 Å². The van der Waals surface area contributed by atoms with Gasteiger partial charge in [0.25, 0.3) is 0 Å². The van der Waals surface area contributed by atoms with Crippen molar-refractivity contribution in [3.05, 3.63) is 12.4 Å². The van der Waals surface area contributed by atoms with E-state index in [2.05, 4.69) is 16.9 Å². The van der Waals surface area contributed by atoms with E-state index in [4.69, 9.17) is 10.5 Å². The lowest BCUT2D eigenvalue weighted by molar-refractivity contribution is 0.0809. The molecule has 0 bridgehead atoms. The summed E-state index contributed by atoms with van der Waals surface area (Å²) < 4.78 is 5.84. The number of hydrogen-bond donors (Lipinski definition) is 1. The molecule has 2 atom stereocenters. The molecule has 4 heteroatoms. The highest BCUT2D eigenvalue weighted by molar-refractivity contribution is 5.30. The third kappa shape index (κ3) is 2.62. The van der Waals surface area contributed by atoms with Crippen LogP contribution in [0.3, 0.4) is 0 Å². The molecular formula is C12H19N3O. The Morgan fingerprint density at radius 3 is 2.69 bits per heavy atom. The van der Waals surface area contributed by atoms with Crippen molar-refractivity contribution in [3.63, 3.8) is 0 Å². The minimum atomic E-state index is 0.280. The van der Waals surface area contributed by atoms with Gasteiger partial charge in [0, 0.05) is 0 Å². The molecule has 1 heterocycles. The van der Waals surface area contributed by atoms with Gasteiger partial charge in [-0.3, -0.25) is 0 Å². The van der Waals surface area contributed by atoms with Crippen LogP contribution in [0.4, 0.5) is 5.69 Å². The second kappa shape index (κ2) is 5.14. The van der Waals surface area contributed by atoms with Crippen LogP contribution in [-0.4, -0.2) is 16.1 Å². The Bertz CT molecular complexity index is 326. The fraction of sp³-hybridized carbons (Fsp3) is 0.667. The van der Waals surface area contributed by atoms with Gasteiger partial charge < -0.3 is 10.5 Å². The van der Waals surface area contributed by atoms with E-state index in [1.807, 2.05) is 0 Å². The van der Waals surface area contributed by atoms with Gasteiger partial charge in [0.15, 0.2) is 0 Å². The van der Waals surface area contributed by atoms with Crippen LogP contribution in [0, 0.1) is 5.92 Å². The molecule has 0 aliphatic heterocycles. The van der Waals surface area contributed by atoms with E-state index in [1.54, 1.807) is 12.4 Å². The van der Waals surface area contributed by atoms with Crippen LogP contribution >= 0.6 is 0 Å². The van der Waals surface area contributed by atoms with Crippen molar-refractivity contribution in [3.8, 4) is 6.01 Å². The monoisotopic (exact) mass is 221 g/mol. The van der Waals surface area contributed by atoms with Gasteiger partial charge >= 0.3 is 6.01 Å². The molecule has 1 fully saturated rings. The van der Waals surface area contributed by atoms with Crippen molar-refractivity contribution >= 4 is 5.69 Å². The van der Waals surface area contributed by atoms with Crippen molar-refractivity contribution in [1.29, 1.82) is 0 Å². The first-order valence-corrected chi connectivity index (χ1v) is 6.03. The maximum absolute atomic E-state index is 5.84. The minimum absolute atomic E-state index is 0.280. The predicted molar refractivity (Wildman–Crippen MR) is 63.1 cm³/mol. The fourth-order valence-corrected chi connectivity index (χ4v) is 2.32. The molecule has 1 aromatic rings. The second-order valence-corrected chi connectivity index (χ2v) is 4.41. The molecule has 88 valence electrons. The summed E-state index contributed by atoms with van der Waals surface area (Å²) in [5.74, 6) is 0.648. The summed E-state index contributed by atoms with van der Waals surface area (Å²) in [4.78, 5) is 8.17. The molecule has 1 aliphatic carbocycles. The van der Waals surface area contributed by atoms with Gasteiger partial charge in [-0.2, -0.15) is 0 Å². The Morgan fingerprint density at radius 2 is 2.00 bits per heavy atom. The third-order valence-electron chi connectivity index (χ3n) is 3.27. The molecular weight excluding hydrogens is 202 g/mol. The van der Waals surface area contributed by atoms with Crippen LogP contribution in [0.25, 0.3) is 0 Å². The molecule has 0 saturated heterocycles. The minimum Gasteiger partial charge on any atom is -0.460 e. The Kier molecular flexibility index (Phi) is 3.59. The van der Waals surface area contributed by atoms with Crippen molar-refractivity contribution in [2.75, 3.05) is 5.73 Å². The summed E-state index contributed by atoms with van der Waals surface area (Å²) in [6.07, 6.45) is 9.57. The van der Waals surface area contributed by atoms with E-state index in [0.717, 1.165) is 6.42 Å². The maximum Gasteiger partial charge on any atom is 0.316 e. The smallest absolute Gasteiger partial charge is 0.316 e. The summed E-state index contributed by atoms with van der Waals surface area (Å²) in [5, 5.41) is 0. The quantitative estimate of drug-likeness (QED) is 0.851. The number of nitrogens with two attached hydrogens (primary N) is 1. The molecule has 2 rings (SSSR count). The average Bonchev–Trinajstić information content (AvgIpc) is 2.33. The van der Waals surface area contributed by atoms with Gasteiger partial charge in [0.1, 0.15) is 6.10 Å². The first-order valence-electron chi connectivity index (χ1n) is 6.03. The Balaban J connectivity index is 1.99. The maximum atomic E-state index is 5.84. The van der Waals surface area contributed by atoms with E-state index in [-0.39, 0.29) is 6.10 Å². The molecule has 1 saturated carbocycles. The summed E-state index contributed by atoms with van der Waals surface area (Å²) in [5.41, 5.74) is 6.10. The summed E-state index contributed by atoms with van der Waals surface area (Å²) in [6, 6.07) is 0.458. The van der Waals surface area contributed by atoms with Gasteiger partial charge in [0.2, 0.25) is 0 Å². The number of hydrogen-bond acceptors (Lipinski definition) is 4. The number of anilines is 1. The fourth-order valence-electron chi connectivity index (χ4n) is 2.32. The molecule has 0 spiro atoms. The first kappa shape index (κ1) is 11.2. The highest BCUT2D eigenvalue weighted by Crippen LogP contribution is 2.29. The van der Waals surface area contributed by atoms with Gasteiger partial charge in [-0.1, -0.05) is 13.3 Å². The van der Waals surface area contributed by atoms with Gasteiger partial charge in [-0.05, 0) is 31.6 Å². The number of rotatable bonds is 3. The van der Waals surface area contributed by atoms with Crippen LogP contribution in [0.5, 0.6) is 6.01 Å². The summed E-state index contributed by atoms with van der Waals surface area (Å²) >= 11 is 0. The molecule has 0 aromatic carbocycles. The molecule has 2 unspecified atom stereocenters. The van der Waals surface area contributed by atoms with E-state index < -0.39 is 0 Å². The van der Waals surface area contributed by atoms with E-state index >= 15 is 0 Å². The third-order valence-corrected chi connectivity index (χ3v) is 3.27. The van der Waals surface area contributed by atoms with Gasteiger partial charge in [0.05, 0.1) is 18.1 Å². The Hall–Kier alpha value is -1.32. The number of ether oxygens (including phenoxy) is 1. The van der Waals surface area contributed by atoms with Crippen molar-refractivity contribution in [1.82, 2.24) is 9.97 Å². The number of aromatic nitrogens is 2. The van der Waals surface area contributed by atoms with Gasteiger partial charge in [-0.15, -0.1) is 0 Å². The molecule has 0 radical (unpaired) electrons. The Morgan fingerprint density at radius 1 is 1.31 bits per heavy atom. The lowest BCUT2D eigenvalue weighted by atomic mass is 9.85. The Labute approximate surface area is 96.2 Å². The highest BCUT2D eigenvalue weighted by Gasteiger charge is 2.25. The van der Waals surface area contributed by atoms with Crippen molar-refractivity contribution in [2.45, 2.75) is 45.1 Å². The molecule has 16 heavy (non-hydrogen) atoms. The molecule has 4 nitrogen and oxygen atoms in total. The molecule has 1 aliphatic rings. The van der Waals surface area contributed by atoms with Crippen LogP contribution in [0.2, 0.25) is 0 Å². The number of nitrogens with zero attached hydrogens (tertiary/aromatic N) is 2. The molecule has 2 N–H and O–H groups in total. The topological polar surface area (TPSA) is 61.0 Å². The second-order valence-electron chi connectivity index (χ2n) is 4.41. The number of nitrogen functional groups attached to an aromatic ring is 1. The largest absolute Gasteiger partial charge is 0.460 e. The van der Waals surface area contributed by atoms with E-state index in [0.29, 0.717) is 17.6 Å². The van der Waals surface area contributed by atoms with Crippen molar-refractivity contribution < 1.29 is 4.74 Å². The lowest BCUT2D eigenvalue weighted by Gasteiger charge is -2.30. The van der Waals surface area contributed by atoms with Crippen LogP contribution in [-0.2, 0) is 0 Å². The first-order chi connectivity index (χ1) is 7.79. The van der Waals surface area contributed by atoms with E-state index in [1.165, 1.54) is 25.7 Å². The SMILES string of the molecule is CCC1CCCCC1Oc1ncc(N)cn1. The molecule has 0 amide bonds. The standard InChI is InChI=1S/C12H19N3O/c1-2-9-5-3-4-6-11(9)16-12-14-7-10(13)8-15-12/h7-9,11H,2-6,13H2,1H3. The van der Waals surface area contributed by atoms with E-state index in [9.17, 15) is 0 Å². The summed E-state index contributed by atoms with van der Waals surface area (Å²) in [6.45, 7) is 2.22. The zero-order chi connectivity index (χ0) is 11.4. The zero-order valence-corrected chi connectivity index (χ0v) is 9.72. The van der Waals surface area contributed by atoms with Gasteiger partial charge in [-0.25, -0.2) is 9.97 Å². The van der Waals surface area contributed by atoms with Crippen LogP contribution in [0.15, 0.2) is 12.4 Å². The van der Waals surface area contributed by atoms with Crippen LogP contribution in [0.1, 0.15) is 39.0 Å².